The van der Waals surface area contributed by atoms with Gasteiger partial charge in [-0.15, -0.1) is 0 Å². The molecule has 158 valence electrons. The summed E-state index contributed by atoms with van der Waals surface area (Å²) in [6.07, 6.45) is 4.35. The molecule has 31 heavy (non-hydrogen) atoms. The van der Waals surface area contributed by atoms with Gasteiger partial charge in [0.15, 0.2) is 16.6 Å². The summed E-state index contributed by atoms with van der Waals surface area (Å²) in [6, 6.07) is 15.0. The first-order valence-electron chi connectivity index (χ1n) is 10.7. The maximum atomic E-state index is 5.86. The van der Waals surface area contributed by atoms with Crippen molar-refractivity contribution in [2.24, 2.45) is 0 Å². The molecule has 1 aliphatic carbocycles. The number of aryl methyl sites for hydroxylation is 1. The number of nitrogens with zero attached hydrogens (tertiary/aromatic N) is 3. The van der Waals surface area contributed by atoms with Crippen LogP contribution in [-0.4, -0.2) is 21.5 Å². The van der Waals surface area contributed by atoms with E-state index in [0.29, 0.717) is 11.2 Å². The van der Waals surface area contributed by atoms with Gasteiger partial charge in [-0.05, 0) is 74.8 Å². The molecule has 1 saturated heterocycles. The van der Waals surface area contributed by atoms with Crippen molar-refractivity contribution in [2.45, 2.75) is 44.8 Å². The maximum Gasteiger partial charge on any atom is 0.231 e. The summed E-state index contributed by atoms with van der Waals surface area (Å²) in [5.74, 6) is 1.52. The van der Waals surface area contributed by atoms with Crippen LogP contribution in [0.2, 0.25) is 0 Å². The Morgan fingerprint density at radius 1 is 1.06 bits per heavy atom. The molecule has 0 bridgehead atoms. The van der Waals surface area contributed by atoms with E-state index in [-0.39, 0.29) is 18.9 Å². The first-order chi connectivity index (χ1) is 15.1. The van der Waals surface area contributed by atoms with Crippen LogP contribution >= 0.6 is 12.2 Å². The lowest BCUT2D eigenvalue weighted by Gasteiger charge is -2.28. The number of thiocarbonyl (C=S) groups is 1. The van der Waals surface area contributed by atoms with Gasteiger partial charge in [-0.3, -0.25) is 4.98 Å². The van der Waals surface area contributed by atoms with E-state index >= 15 is 0 Å². The molecule has 4 heterocycles. The molecule has 1 aromatic carbocycles. The van der Waals surface area contributed by atoms with Gasteiger partial charge in [-0.25, -0.2) is 0 Å². The van der Waals surface area contributed by atoms with Crippen LogP contribution in [0.4, 0.5) is 5.69 Å². The normalized spacial score (nSPS) is 22.1. The molecule has 2 atom stereocenters. The lowest BCUT2D eigenvalue weighted by atomic mass is 9.96. The van der Waals surface area contributed by atoms with E-state index in [4.69, 9.17) is 21.7 Å². The Balaban J connectivity index is 1.50. The first kappa shape index (κ1) is 18.7. The highest BCUT2D eigenvalue weighted by Gasteiger charge is 2.43. The second-order valence-corrected chi connectivity index (χ2v) is 8.85. The van der Waals surface area contributed by atoms with Gasteiger partial charge in [-0.1, -0.05) is 6.07 Å². The first-order valence-corrected chi connectivity index (χ1v) is 11.1. The lowest BCUT2D eigenvalue weighted by molar-refractivity contribution is 0.174. The minimum Gasteiger partial charge on any atom is -0.454 e. The third-order valence-electron chi connectivity index (χ3n) is 6.49. The van der Waals surface area contributed by atoms with Crippen molar-refractivity contribution in [1.29, 1.82) is 0 Å². The molecule has 7 heteroatoms. The van der Waals surface area contributed by atoms with Gasteiger partial charge in [0.25, 0.3) is 0 Å². The molecule has 1 N–H and O–H groups in total. The van der Waals surface area contributed by atoms with Crippen LogP contribution in [0, 0.1) is 13.8 Å². The molecule has 0 radical (unpaired) electrons. The molecule has 0 spiro atoms. The Kier molecular flexibility index (Phi) is 4.21. The lowest BCUT2D eigenvalue weighted by Crippen LogP contribution is -2.29. The number of ether oxygens (including phenoxy) is 2. The summed E-state index contributed by atoms with van der Waals surface area (Å²) in [5, 5.41) is 4.24. The van der Waals surface area contributed by atoms with E-state index in [0.717, 1.165) is 22.9 Å². The Morgan fingerprint density at radius 2 is 1.90 bits per heavy atom. The molecule has 0 unspecified atom stereocenters. The quantitative estimate of drug-likeness (QED) is 0.601. The number of rotatable bonds is 4. The minimum atomic E-state index is -0.0488. The van der Waals surface area contributed by atoms with Gasteiger partial charge in [0.2, 0.25) is 6.79 Å². The minimum absolute atomic E-state index is 0.0125. The van der Waals surface area contributed by atoms with E-state index in [1.807, 2.05) is 30.5 Å². The summed E-state index contributed by atoms with van der Waals surface area (Å²) in [6.45, 7) is 4.69. The van der Waals surface area contributed by atoms with Gasteiger partial charge in [0.1, 0.15) is 0 Å². The smallest absolute Gasteiger partial charge is 0.231 e. The summed E-state index contributed by atoms with van der Waals surface area (Å²) in [5.41, 5.74) is 5.86. The summed E-state index contributed by atoms with van der Waals surface area (Å²) < 4.78 is 13.6. The zero-order valence-electron chi connectivity index (χ0n) is 17.5. The Labute approximate surface area is 186 Å². The third kappa shape index (κ3) is 2.98. The zero-order chi connectivity index (χ0) is 21.1. The summed E-state index contributed by atoms with van der Waals surface area (Å²) in [7, 11) is 0. The van der Waals surface area contributed by atoms with Crippen molar-refractivity contribution in [3.8, 4) is 11.5 Å². The van der Waals surface area contributed by atoms with E-state index in [9.17, 15) is 0 Å². The van der Waals surface area contributed by atoms with Crippen LogP contribution < -0.4 is 19.7 Å². The van der Waals surface area contributed by atoms with E-state index in [1.54, 1.807) is 0 Å². The van der Waals surface area contributed by atoms with E-state index in [2.05, 4.69) is 51.8 Å². The molecule has 3 aliphatic rings. The predicted molar refractivity (Wildman–Crippen MR) is 123 cm³/mol. The number of hydrogen-bond acceptors (Lipinski definition) is 4. The highest BCUT2D eigenvalue weighted by Crippen LogP contribution is 2.47. The zero-order valence-corrected chi connectivity index (χ0v) is 18.4. The van der Waals surface area contributed by atoms with Crippen LogP contribution in [-0.2, 0) is 0 Å². The van der Waals surface area contributed by atoms with E-state index < -0.39 is 0 Å². The van der Waals surface area contributed by atoms with Crippen LogP contribution in [0.5, 0.6) is 11.5 Å². The van der Waals surface area contributed by atoms with Crippen molar-refractivity contribution in [3.05, 3.63) is 71.3 Å². The average Bonchev–Trinajstić information content (AvgIpc) is 3.27. The number of benzene rings is 1. The Morgan fingerprint density at radius 3 is 2.68 bits per heavy atom. The number of anilines is 1. The number of nitrogens with one attached hydrogen (secondary N) is 1. The standard InChI is InChI=1S/C24H24N4O2S/c1-14-11-18(15(2)27(14)16-6-7-16)23-22(19-5-3-4-10-25-19)26-24(31)28(23)17-8-9-20-21(12-17)30-13-29-20/h3-5,8-12,16,22-23H,6-7,13H2,1-2H3,(H,26,31)/t22-,23-/m0/s1. The fraction of sp³-hybridized carbons (Fsp3) is 0.333. The van der Waals surface area contributed by atoms with Gasteiger partial charge >= 0.3 is 0 Å². The fourth-order valence-electron chi connectivity index (χ4n) is 4.98. The molecule has 2 aliphatic heterocycles. The van der Waals surface area contributed by atoms with Crippen LogP contribution in [0.15, 0.2) is 48.7 Å². The largest absolute Gasteiger partial charge is 0.454 e. The van der Waals surface area contributed by atoms with Crippen LogP contribution in [0.1, 0.15) is 53.6 Å². The highest BCUT2D eigenvalue weighted by atomic mass is 32.1. The van der Waals surface area contributed by atoms with Crippen molar-refractivity contribution >= 4 is 23.0 Å². The third-order valence-corrected chi connectivity index (χ3v) is 6.80. The van der Waals surface area contributed by atoms with Crippen molar-refractivity contribution in [3.63, 3.8) is 0 Å². The average molecular weight is 433 g/mol. The fourth-order valence-corrected chi connectivity index (χ4v) is 5.33. The van der Waals surface area contributed by atoms with Gasteiger partial charge in [0.05, 0.1) is 17.8 Å². The predicted octanol–water partition coefficient (Wildman–Crippen LogP) is 4.74. The van der Waals surface area contributed by atoms with Crippen LogP contribution in [0.3, 0.4) is 0 Å². The molecular formula is C24H24N4O2S. The molecule has 1 saturated carbocycles. The van der Waals surface area contributed by atoms with E-state index in [1.165, 1.54) is 29.8 Å². The number of pyridine rings is 1. The van der Waals surface area contributed by atoms with Crippen molar-refractivity contribution < 1.29 is 9.47 Å². The maximum absolute atomic E-state index is 5.86. The summed E-state index contributed by atoms with van der Waals surface area (Å²) in [4.78, 5) is 6.87. The van der Waals surface area contributed by atoms with Gasteiger partial charge in [-0.2, -0.15) is 0 Å². The molecule has 3 aromatic rings. The molecular weight excluding hydrogens is 408 g/mol. The van der Waals surface area contributed by atoms with Crippen molar-refractivity contribution in [1.82, 2.24) is 14.9 Å². The SMILES string of the molecule is Cc1cc([C@H]2[C@H](c3ccccn3)NC(=S)N2c2ccc3c(c2)OCO3)c(C)n1C1CC1. The Hall–Kier alpha value is -3.06. The number of hydrogen-bond donors (Lipinski definition) is 1. The number of fused-ring (bicyclic) bond motifs is 1. The molecule has 0 amide bonds. The topological polar surface area (TPSA) is 51.6 Å². The summed E-state index contributed by atoms with van der Waals surface area (Å²) >= 11 is 5.86. The van der Waals surface area contributed by atoms with Gasteiger partial charge in [0, 0.05) is 35.4 Å². The van der Waals surface area contributed by atoms with Crippen LogP contribution in [0.25, 0.3) is 0 Å². The molecule has 2 aromatic heterocycles. The Bertz CT molecular complexity index is 1170. The second kappa shape index (κ2) is 6.99. The highest BCUT2D eigenvalue weighted by molar-refractivity contribution is 7.80. The monoisotopic (exact) mass is 432 g/mol. The van der Waals surface area contributed by atoms with Gasteiger partial charge < -0.3 is 24.3 Å². The second-order valence-electron chi connectivity index (χ2n) is 8.46. The molecule has 2 fully saturated rings. The van der Waals surface area contributed by atoms with Crippen molar-refractivity contribution in [2.75, 3.05) is 11.7 Å². The molecule has 6 nitrogen and oxygen atoms in total. The molecule has 6 rings (SSSR count). The number of aromatic nitrogens is 2.